The number of rotatable bonds is 2. The van der Waals surface area contributed by atoms with Crippen LogP contribution in [0.1, 0.15) is 31.8 Å². The van der Waals surface area contributed by atoms with Crippen molar-refractivity contribution in [2.45, 2.75) is 23.6 Å². The van der Waals surface area contributed by atoms with Crippen molar-refractivity contribution in [1.82, 2.24) is 0 Å². The summed E-state index contributed by atoms with van der Waals surface area (Å²) in [6.45, 7) is 0. The first-order valence-electron chi connectivity index (χ1n) is 5.30. The number of carboxylic acids is 2. The maximum absolute atomic E-state index is 11.0. The van der Waals surface area contributed by atoms with Gasteiger partial charge in [-0.3, -0.25) is 0 Å². The van der Waals surface area contributed by atoms with Gasteiger partial charge in [0.2, 0.25) is 0 Å². The molecule has 0 spiro atoms. The maximum atomic E-state index is 11.0. The van der Waals surface area contributed by atoms with E-state index in [1.807, 2.05) is 0 Å². The summed E-state index contributed by atoms with van der Waals surface area (Å²) in [6.07, 6.45) is 0.899. The molecular formula is C12H10Cl2O4. The first-order valence-corrected chi connectivity index (χ1v) is 6.18. The van der Waals surface area contributed by atoms with Gasteiger partial charge in [0.1, 0.15) is 0 Å². The predicted octanol–water partition coefficient (Wildman–Crippen LogP) is 2.40. The molecule has 0 radical (unpaired) electrons. The van der Waals surface area contributed by atoms with Crippen LogP contribution in [-0.2, 0) is 12.8 Å². The molecule has 1 aliphatic carbocycles. The second-order valence-electron chi connectivity index (χ2n) is 4.22. The third-order valence-corrected chi connectivity index (χ3v) is 4.07. The molecule has 0 amide bonds. The van der Waals surface area contributed by atoms with E-state index in [1.165, 1.54) is 12.1 Å². The molecule has 1 aromatic rings. The second-order valence-corrected chi connectivity index (χ2v) is 5.34. The smallest absolute Gasteiger partial charge is 0.336 e. The van der Waals surface area contributed by atoms with E-state index in [1.54, 1.807) is 0 Å². The number of halogens is 2. The van der Waals surface area contributed by atoms with Gasteiger partial charge >= 0.3 is 11.9 Å². The summed E-state index contributed by atoms with van der Waals surface area (Å²) in [5, 5.41) is 17.5. The topological polar surface area (TPSA) is 74.6 Å². The zero-order chi connectivity index (χ0) is 13.4. The molecule has 2 unspecified atom stereocenters. The summed E-state index contributed by atoms with van der Waals surface area (Å²) in [5.74, 6) is -2.51. The number of fused-ring (bicyclic) bond motifs is 1. The predicted molar refractivity (Wildman–Crippen MR) is 67.1 cm³/mol. The van der Waals surface area contributed by atoms with Crippen LogP contribution in [0.4, 0.5) is 0 Å². The fourth-order valence-electron chi connectivity index (χ4n) is 2.10. The van der Waals surface area contributed by atoms with Crippen molar-refractivity contribution in [3.8, 4) is 0 Å². The third-order valence-electron chi connectivity index (χ3n) is 3.02. The SMILES string of the molecule is O=C(O)c1cc2c(cc1C(=O)O)CC(Cl)C(Cl)C2. The Morgan fingerprint density at radius 1 is 0.944 bits per heavy atom. The Bertz CT molecular complexity index is 480. The number of carboxylic acid groups (broad SMARTS) is 2. The highest BCUT2D eigenvalue weighted by Gasteiger charge is 2.28. The van der Waals surface area contributed by atoms with Crippen molar-refractivity contribution in [2.24, 2.45) is 0 Å². The summed E-state index contributed by atoms with van der Waals surface area (Å²) in [4.78, 5) is 22.1. The second kappa shape index (κ2) is 4.78. The molecule has 0 aromatic heterocycles. The molecule has 0 saturated heterocycles. The Labute approximate surface area is 113 Å². The highest BCUT2D eigenvalue weighted by Crippen LogP contribution is 2.30. The summed E-state index contributed by atoms with van der Waals surface area (Å²) < 4.78 is 0. The lowest BCUT2D eigenvalue weighted by atomic mass is 9.87. The van der Waals surface area contributed by atoms with Crippen molar-refractivity contribution >= 4 is 35.1 Å². The summed E-state index contributed by atoms with van der Waals surface area (Å²) in [6, 6.07) is 2.78. The fraction of sp³-hybridized carbons (Fsp3) is 0.333. The van der Waals surface area contributed by atoms with Gasteiger partial charge in [-0.1, -0.05) is 0 Å². The number of aromatic carboxylic acids is 2. The van der Waals surface area contributed by atoms with Crippen LogP contribution in [0.3, 0.4) is 0 Å². The first kappa shape index (κ1) is 13.2. The fourth-order valence-corrected chi connectivity index (χ4v) is 2.61. The highest BCUT2D eigenvalue weighted by atomic mass is 35.5. The Morgan fingerprint density at radius 2 is 1.28 bits per heavy atom. The molecule has 2 N–H and O–H groups in total. The van der Waals surface area contributed by atoms with Crippen molar-refractivity contribution in [1.29, 1.82) is 0 Å². The zero-order valence-electron chi connectivity index (χ0n) is 9.19. The molecule has 0 aliphatic heterocycles. The molecule has 0 saturated carbocycles. The van der Waals surface area contributed by atoms with E-state index < -0.39 is 11.9 Å². The van der Waals surface area contributed by atoms with Gasteiger partial charge in [-0.2, -0.15) is 0 Å². The lowest BCUT2D eigenvalue weighted by Crippen LogP contribution is -2.27. The molecule has 2 rings (SSSR count). The number of alkyl halides is 2. The molecule has 0 bridgehead atoms. The highest BCUT2D eigenvalue weighted by molar-refractivity contribution is 6.30. The molecule has 1 aromatic carbocycles. The summed E-state index contributed by atoms with van der Waals surface area (Å²) in [5.41, 5.74) is 1.10. The Morgan fingerprint density at radius 3 is 1.56 bits per heavy atom. The molecule has 6 heteroatoms. The van der Waals surface area contributed by atoms with Crippen LogP contribution in [0.5, 0.6) is 0 Å². The average molecular weight is 289 g/mol. The molecule has 1 aliphatic rings. The zero-order valence-corrected chi connectivity index (χ0v) is 10.7. The van der Waals surface area contributed by atoms with Crippen molar-refractivity contribution < 1.29 is 19.8 Å². The van der Waals surface area contributed by atoms with E-state index in [9.17, 15) is 9.59 Å². The molecule has 4 nitrogen and oxygen atoms in total. The van der Waals surface area contributed by atoms with Crippen molar-refractivity contribution in [2.75, 3.05) is 0 Å². The molecule has 0 heterocycles. The van der Waals surface area contributed by atoms with E-state index in [2.05, 4.69) is 0 Å². The van der Waals surface area contributed by atoms with E-state index >= 15 is 0 Å². The summed E-state index contributed by atoms with van der Waals surface area (Å²) in [7, 11) is 0. The lowest BCUT2D eigenvalue weighted by Gasteiger charge is -2.25. The normalized spacial score (nSPS) is 22.3. The third kappa shape index (κ3) is 2.31. The number of hydrogen-bond acceptors (Lipinski definition) is 2. The molecule has 2 atom stereocenters. The standard InChI is InChI=1S/C12H10Cl2O4/c13-9-3-5-1-7(11(15)16)8(12(17)18)2-6(5)4-10(9)14/h1-2,9-10H,3-4H2,(H,15,16)(H,17,18). The molecule has 96 valence electrons. The molecular weight excluding hydrogens is 279 g/mol. The van der Waals surface area contributed by atoms with E-state index in [-0.39, 0.29) is 21.9 Å². The minimum atomic E-state index is -1.26. The van der Waals surface area contributed by atoms with Gasteiger partial charge in [0.25, 0.3) is 0 Å². The monoisotopic (exact) mass is 288 g/mol. The quantitative estimate of drug-likeness (QED) is 0.820. The van der Waals surface area contributed by atoms with E-state index in [0.717, 1.165) is 11.1 Å². The van der Waals surface area contributed by atoms with Crippen LogP contribution in [0.2, 0.25) is 0 Å². The van der Waals surface area contributed by atoms with Crippen LogP contribution in [0.25, 0.3) is 0 Å². The number of carbonyl (C=O) groups is 2. The minimum Gasteiger partial charge on any atom is -0.478 e. The van der Waals surface area contributed by atoms with Gasteiger partial charge < -0.3 is 10.2 Å². The van der Waals surface area contributed by atoms with Gasteiger partial charge in [0, 0.05) is 0 Å². The first-order chi connectivity index (χ1) is 8.40. The van der Waals surface area contributed by atoms with E-state index in [4.69, 9.17) is 33.4 Å². The molecule has 18 heavy (non-hydrogen) atoms. The van der Waals surface area contributed by atoms with Gasteiger partial charge in [-0.05, 0) is 36.1 Å². The maximum Gasteiger partial charge on any atom is 0.336 e. The van der Waals surface area contributed by atoms with Crippen molar-refractivity contribution in [3.63, 3.8) is 0 Å². The number of hydrogen-bond donors (Lipinski definition) is 2. The minimum absolute atomic E-state index is 0.210. The lowest BCUT2D eigenvalue weighted by molar-refractivity contribution is 0.0651. The van der Waals surface area contributed by atoms with Gasteiger partial charge in [-0.15, -0.1) is 23.2 Å². The van der Waals surface area contributed by atoms with Gasteiger partial charge in [-0.25, -0.2) is 9.59 Å². The van der Waals surface area contributed by atoms with Crippen LogP contribution in [-0.4, -0.2) is 32.9 Å². The Balaban J connectivity index is 2.56. The van der Waals surface area contributed by atoms with Gasteiger partial charge in [0.15, 0.2) is 0 Å². The van der Waals surface area contributed by atoms with Crippen molar-refractivity contribution in [3.05, 3.63) is 34.4 Å². The Kier molecular flexibility index (Phi) is 3.50. The van der Waals surface area contributed by atoms with Crippen LogP contribution < -0.4 is 0 Å². The molecule has 0 fully saturated rings. The van der Waals surface area contributed by atoms with Crippen LogP contribution in [0, 0.1) is 0 Å². The van der Waals surface area contributed by atoms with Crippen LogP contribution >= 0.6 is 23.2 Å². The average Bonchev–Trinajstić information content (AvgIpc) is 2.28. The summed E-state index contributed by atoms with van der Waals surface area (Å²) >= 11 is 12.1. The number of benzene rings is 1. The van der Waals surface area contributed by atoms with Crippen LogP contribution in [0.15, 0.2) is 12.1 Å². The Hall–Kier alpha value is -1.26. The largest absolute Gasteiger partial charge is 0.478 e. The van der Waals surface area contributed by atoms with Gasteiger partial charge in [0.05, 0.1) is 21.9 Å². The van der Waals surface area contributed by atoms with E-state index in [0.29, 0.717) is 12.8 Å².